The van der Waals surface area contributed by atoms with E-state index in [4.69, 9.17) is 0 Å². The minimum atomic E-state index is -4.54. The summed E-state index contributed by atoms with van der Waals surface area (Å²) in [5.74, 6) is -1.59. The predicted molar refractivity (Wildman–Crippen MR) is 103 cm³/mol. The van der Waals surface area contributed by atoms with Gasteiger partial charge in [0.1, 0.15) is 12.7 Å². The lowest BCUT2D eigenvalue weighted by molar-refractivity contribution is -0.389. The summed E-state index contributed by atoms with van der Waals surface area (Å²) in [7, 11) is 0. The van der Waals surface area contributed by atoms with Crippen molar-refractivity contribution in [2.75, 3.05) is 10.6 Å². The largest absolute Gasteiger partial charge is 0.416 e. The van der Waals surface area contributed by atoms with Gasteiger partial charge in [-0.1, -0.05) is 12.1 Å². The topological polar surface area (TPSA) is 119 Å². The molecule has 0 saturated heterocycles. The number of anilines is 2. The number of hydrogen-bond donors (Lipinski definition) is 2. The zero-order chi connectivity index (χ0) is 22.6. The fourth-order valence-corrected chi connectivity index (χ4v) is 2.61. The Morgan fingerprint density at radius 2 is 1.74 bits per heavy atom. The van der Waals surface area contributed by atoms with Gasteiger partial charge in [-0.25, -0.2) is 0 Å². The maximum Gasteiger partial charge on any atom is 0.416 e. The van der Waals surface area contributed by atoms with Crippen LogP contribution in [-0.4, -0.2) is 26.3 Å². The predicted octanol–water partition coefficient (Wildman–Crippen LogP) is 3.70. The van der Waals surface area contributed by atoms with Crippen molar-refractivity contribution < 1.29 is 27.7 Å². The van der Waals surface area contributed by atoms with E-state index in [-0.39, 0.29) is 23.5 Å². The summed E-state index contributed by atoms with van der Waals surface area (Å²) in [6.07, 6.45) is -2.31. The molecule has 0 bridgehead atoms. The molecule has 31 heavy (non-hydrogen) atoms. The minimum absolute atomic E-state index is 0.0315. The first-order valence-corrected chi connectivity index (χ1v) is 8.66. The van der Waals surface area contributed by atoms with Crippen LogP contribution in [0.15, 0.2) is 61.1 Å². The lowest BCUT2D eigenvalue weighted by Crippen LogP contribution is -2.18. The van der Waals surface area contributed by atoms with Gasteiger partial charge in [0, 0.05) is 16.9 Å². The number of rotatable bonds is 6. The number of nitro groups is 1. The van der Waals surface area contributed by atoms with Crippen LogP contribution in [0.5, 0.6) is 0 Å². The maximum absolute atomic E-state index is 12.8. The number of nitrogens with zero attached hydrogens (tertiary/aromatic N) is 3. The molecule has 2 amide bonds. The molecule has 0 radical (unpaired) electrons. The first kappa shape index (κ1) is 21.5. The third-order valence-corrected chi connectivity index (χ3v) is 3.99. The number of carbonyl (C=O) groups is 2. The van der Waals surface area contributed by atoms with Crippen LogP contribution in [0.25, 0.3) is 0 Å². The standard InChI is InChI=1S/C19H14F3N5O4/c20-19(21,22)13-4-2-6-15(8-13)25-18(29)12-3-1-5-14(7-12)24-17(28)10-26-9-16(23-11-26)27(30)31/h1-9,11H,10H2,(H,24,28)(H,25,29). The van der Waals surface area contributed by atoms with Crippen LogP contribution in [0.4, 0.5) is 30.4 Å². The summed E-state index contributed by atoms with van der Waals surface area (Å²) in [5, 5.41) is 15.5. The molecule has 1 heterocycles. The molecular formula is C19H14F3N5O4. The average Bonchev–Trinajstić information content (AvgIpc) is 3.16. The molecule has 160 valence electrons. The molecule has 0 unspecified atom stereocenters. The van der Waals surface area contributed by atoms with E-state index in [2.05, 4.69) is 15.6 Å². The summed E-state index contributed by atoms with van der Waals surface area (Å²) in [6.45, 7) is -0.249. The van der Waals surface area contributed by atoms with Crippen molar-refractivity contribution in [3.8, 4) is 0 Å². The van der Waals surface area contributed by atoms with Gasteiger partial charge in [0.25, 0.3) is 5.91 Å². The Morgan fingerprint density at radius 3 is 2.39 bits per heavy atom. The van der Waals surface area contributed by atoms with Gasteiger partial charge in [0.15, 0.2) is 0 Å². The van der Waals surface area contributed by atoms with E-state index in [0.717, 1.165) is 24.7 Å². The van der Waals surface area contributed by atoms with E-state index in [1.165, 1.54) is 41.0 Å². The van der Waals surface area contributed by atoms with Gasteiger partial charge < -0.3 is 25.3 Å². The summed E-state index contributed by atoms with van der Waals surface area (Å²) >= 11 is 0. The monoisotopic (exact) mass is 433 g/mol. The molecule has 12 heteroatoms. The Labute approximate surface area is 172 Å². The highest BCUT2D eigenvalue weighted by Gasteiger charge is 2.30. The molecule has 2 aromatic carbocycles. The molecule has 0 aliphatic rings. The molecule has 1 aromatic heterocycles. The van der Waals surface area contributed by atoms with Crippen molar-refractivity contribution >= 4 is 29.0 Å². The number of amides is 2. The molecule has 3 rings (SSSR count). The van der Waals surface area contributed by atoms with Gasteiger partial charge in [-0.15, -0.1) is 0 Å². The van der Waals surface area contributed by atoms with Crippen molar-refractivity contribution in [2.45, 2.75) is 12.7 Å². The van der Waals surface area contributed by atoms with Crippen LogP contribution in [0.3, 0.4) is 0 Å². The van der Waals surface area contributed by atoms with Crippen LogP contribution in [0, 0.1) is 10.1 Å². The molecule has 2 N–H and O–H groups in total. The van der Waals surface area contributed by atoms with E-state index in [0.29, 0.717) is 0 Å². The minimum Gasteiger partial charge on any atom is -0.358 e. The zero-order valence-corrected chi connectivity index (χ0v) is 15.6. The zero-order valence-electron chi connectivity index (χ0n) is 15.6. The number of imidazole rings is 1. The van der Waals surface area contributed by atoms with Crippen molar-refractivity contribution in [1.29, 1.82) is 0 Å². The summed E-state index contributed by atoms with van der Waals surface area (Å²) in [6, 6.07) is 9.97. The number of hydrogen-bond acceptors (Lipinski definition) is 5. The number of alkyl halides is 3. The smallest absolute Gasteiger partial charge is 0.358 e. The number of aromatic nitrogens is 2. The van der Waals surface area contributed by atoms with Crippen LogP contribution in [0.1, 0.15) is 15.9 Å². The number of benzene rings is 2. The Bertz CT molecular complexity index is 1140. The summed E-state index contributed by atoms with van der Waals surface area (Å²) in [5.41, 5.74) is -0.563. The highest BCUT2D eigenvalue weighted by Crippen LogP contribution is 2.30. The van der Waals surface area contributed by atoms with E-state index in [1.54, 1.807) is 0 Å². The molecule has 0 aliphatic carbocycles. The van der Waals surface area contributed by atoms with Crippen molar-refractivity contribution in [2.24, 2.45) is 0 Å². The molecule has 3 aromatic rings. The Kier molecular flexibility index (Phi) is 6.00. The highest BCUT2D eigenvalue weighted by atomic mass is 19.4. The van der Waals surface area contributed by atoms with Crippen LogP contribution in [-0.2, 0) is 17.5 Å². The number of carbonyl (C=O) groups excluding carboxylic acids is 2. The molecular weight excluding hydrogens is 419 g/mol. The normalized spacial score (nSPS) is 11.1. The van der Waals surface area contributed by atoms with Crippen molar-refractivity contribution in [3.63, 3.8) is 0 Å². The van der Waals surface area contributed by atoms with Crippen molar-refractivity contribution in [1.82, 2.24) is 9.55 Å². The van der Waals surface area contributed by atoms with E-state index in [1.807, 2.05) is 0 Å². The third kappa shape index (κ3) is 5.65. The third-order valence-electron chi connectivity index (χ3n) is 3.99. The van der Waals surface area contributed by atoms with Gasteiger partial charge in [-0.3, -0.25) is 9.59 Å². The molecule has 0 spiro atoms. The van der Waals surface area contributed by atoms with Gasteiger partial charge in [0.2, 0.25) is 12.2 Å². The molecule has 9 nitrogen and oxygen atoms in total. The maximum atomic E-state index is 12.8. The van der Waals surface area contributed by atoms with E-state index < -0.39 is 34.3 Å². The van der Waals surface area contributed by atoms with Gasteiger partial charge in [-0.05, 0) is 46.3 Å². The number of nitrogens with one attached hydrogen (secondary N) is 2. The van der Waals surface area contributed by atoms with Crippen LogP contribution < -0.4 is 10.6 Å². The van der Waals surface area contributed by atoms with E-state index in [9.17, 15) is 32.9 Å². The fourth-order valence-electron chi connectivity index (χ4n) is 2.61. The van der Waals surface area contributed by atoms with Crippen LogP contribution in [0.2, 0.25) is 0 Å². The molecule has 0 saturated carbocycles. The quantitative estimate of drug-likeness (QED) is 0.454. The van der Waals surface area contributed by atoms with Gasteiger partial charge in [-0.2, -0.15) is 13.2 Å². The highest BCUT2D eigenvalue weighted by molar-refractivity contribution is 6.05. The summed E-state index contributed by atoms with van der Waals surface area (Å²) < 4.78 is 39.6. The van der Waals surface area contributed by atoms with Crippen LogP contribution >= 0.6 is 0 Å². The Balaban J connectivity index is 1.66. The van der Waals surface area contributed by atoms with Gasteiger partial charge >= 0.3 is 12.0 Å². The summed E-state index contributed by atoms with van der Waals surface area (Å²) in [4.78, 5) is 38.0. The Hall–Kier alpha value is -4.22. The van der Waals surface area contributed by atoms with Crippen molar-refractivity contribution in [3.05, 3.63) is 82.3 Å². The first-order chi connectivity index (χ1) is 14.6. The average molecular weight is 433 g/mol. The lowest BCUT2D eigenvalue weighted by Gasteiger charge is -2.11. The fraction of sp³-hybridized carbons (Fsp3) is 0.105. The van der Waals surface area contributed by atoms with E-state index >= 15 is 0 Å². The second-order valence-corrected chi connectivity index (χ2v) is 6.32. The molecule has 0 aliphatic heterocycles. The second-order valence-electron chi connectivity index (χ2n) is 6.32. The Morgan fingerprint density at radius 1 is 1.06 bits per heavy atom. The molecule has 0 atom stereocenters. The second kappa shape index (κ2) is 8.65. The number of halogens is 3. The first-order valence-electron chi connectivity index (χ1n) is 8.66. The van der Waals surface area contributed by atoms with Gasteiger partial charge in [0.05, 0.1) is 5.56 Å². The lowest BCUT2D eigenvalue weighted by atomic mass is 10.1. The molecule has 0 fully saturated rings. The SMILES string of the molecule is O=C(Cn1cnc([N+](=O)[O-])c1)Nc1cccc(C(=O)Nc2cccc(C(F)(F)F)c2)c1.